The van der Waals surface area contributed by atoms with Gasteiger partial charge in [0.15, 0.2) is 0 Å². The number of nitrogens with one attached hydrogen (secondary N) is 2. The maximum Gasteiger partial charge on any atom is 0.407 e. The summed E-state index contributed by atoms with van der Waals surface area (Å²) in [5, 5.41) is 13.6. The van der Waals surface area contributed by atoms with Crippen LogP contribution in [0.15, 0.2) is 0 Å². The van der Waals surface area contributed by atoms with Gasteiger partial charge in [0.2, 0.25) is 0 Å². The summed E-state index contributed by atoms with van der Waals surface area (Å²) in [7, 11) is 0. The molecule has 0 atom stereocenters. The van der Waals surface area contributed by atoms with Crippen LogP contribution in [0.1, 0.15) is 41.5 Å². The van der Waals surface area contributed by atoms with Gasteiger partial charge in [0.1, 0.15) is 24.1 Å². The number of aliphatic hydroxyl groups excluding tert-OH is 1. The molecule has 3 N–H and O–H groups in total. The minimum absolute atomic E-state index is 0. The average molecular weight is 586 g/mol. The topological polar surface area (TPSA) is 151 Å². The molecular formula is C22H44N2O10Y. The smallest absolute Gasteiger partial charge is 0.407 e. The van der Waals surface area contributed by atoms with E-state index in [1.165, 1.54) is 0 Å². The quantitative estimate of drug-likeness (QED) is 0.179. The number of rotatable bonds is 16. The number of ether oxygens (including phenoxy) is 6. The Hall–Kier alpha value is -0.886. The number of amides is 2. The van der Waals surface area contributed by atoms with Crippen molar-refractivity contribution in [2.24, 2.45) is 0 Å². The Bertz CT molecular complexity index is 525. The van der Waals surface area contributed by atoms with Crippen LogP contribution in [0.2, 0.25) is 0 Å². The van der Waals surface area contributed by atoms with Gasteiger partial charge in [-0.2, -0.15) is 0 Å². The van der Waals surface area contributed by atoms with E-state index in [1.54, 1.807) is 20.8 Å². The van der Waals surface area contributed by atoms with Crippen molar-refractivity contribution in [1.29, 1.82) is 0 Å². The summed E-state index contributed by atoms with van der Waals surface area (Å²) < 4.78 is 30.3. The van der Waals surface area contributed by atoms with Gasteiger partial charge in [0.25, 0.3) is 0 Å². The van der Waals surface area contributed by atoms with E-state index in [1.807, 2.05) is 20.8 Å². The van der Waals surface area contributed by atoms with Crippen LogP contribution < -0.4 is 10.6 Å². The molecule has 0 aromatic carbocycles. The molecule has 0 aliphatic carbocycles. The first kappa shape index (κ1) is 38.6. The normalized spacial score (nSPS) is 10.8. The summed E-state index contributed by atoms with van der Waals surface area (Å²) in [6.45, 7) is 14.4. The number of carbonyl (C=O) groups is 3. The largest absolute Gasteiger partial charge is 0.444 e. The van der Waals surface area contributed by atoms with Crippen molar-refractivity contribution < 1.29 is 80.6 Å². The van der Waals surface area contributed by atoms with Gasteiger partial charge in [-0.1, -0.05) is 0 Å². The fourth-order valence-corrected chi connectivity index (χ4v) is 1.82. The summed E-state index contributed by atoms with van der Waals surface area (Å²) in [4.78, 5) is 32.3. The third-order valence-corrected chi connectivity index (χ3v) is 2.99. The Kier molecular flexibility index (Phi) is 27.4. The van der Waals surface area contributed by atoms with E-state index in [4.69, 9.17) is 33.5 Å². The fourth-order valence-electron chi connectivity index (χ4n) is 1.82. The predicted molar refractivity (Wildman–Crippen MR) is 125 cm³/mol. The van der Waals surface area contributed by atoms with Gasteiger partial charge in [-0.25, -0.2) is 9.59 Å². The second kappa shape index (κ2) is 24.8. The van der Waals surface area contributed by atoms with Gasteiger partial charge in [-0.05, 0) is 41.5 Å². The van der Waals surface area contributed by atoms with Crippen molar-refractivity contribution in [2.45, 2.75) is 52.7 Å². The zero-order valence-electron chi connectivity index (χ0n) is 22.1. The van der Waals surface area contributed by atoms with Gasteiger partial charge in [-0.15, -0.1) is 0 Å². The summed E-state index contributed by atoms with van der Waals surface area (Å²) in [5.41, 5.74) is -0.976. The van der Waals surface area contributed by atoms with Crippen LogP contribution in [0.3, 0.4) is 0 Å². The third kappa shape index (κ3) is 37.8. The molecule has 0 unspecified atom stereocenters. The van der Waals surface area contributed by atoms with E-state index >= 15 is 0 Å². The number of aliphatic hydroxyl groups is 1. The Morgan fingerprint density at radius 1 is 0.686 bits per heavy atom. The van der Waals surface area contributed by atoms with E-state index < -0.39 is 23.4 Å². The van der Waals surface area contributed by atoms with Crippen LogP contribution in [0.25, 0.3) is 0 Å². The molecule has 0 heterocycles. The molecule has 0 saturated carbocycles. The maximum atomic E-state index is 11.2. The molecule has 0 aliphatic heterocycles. The van der Waals surface area contributed by atoms with Crippen LogP contribution in [-0.4, -0.2) is 107 Å². The zero-order valence-corrected chi connectivity index (χ0v) is 24.9. The monoisotopic (exact) mass is 585 g/mol. The molecule has 1 radical (unpaired) electrons. The maximum absolute atomic E-state index is 11.2. The molecule has 0 aromatic rings. The summed E-state index contributed by atoms with van der Waals surface area (Å²) in [5.74, 6) is 0. The molecule has 0 bridgehead atoms. The Balaban J connectivity index is -0.000000569. The molecular weight excluding hydrogens is 541 g/mol. The standard InChI is InChI=1S/C11H23NO5.C11H21NO5.Y/c2*1-11(2,3)17-10(14)12-4-6-15-8-9-16-7-5-13;/h13H,4-9H2,1-3H3,(H,12,14);5H,4,6-9H2,1-3H3,(H,12,14);. The number of carbonyl (C=O) groups excluding carboxylic acids is 3. The SMILES string of the molecule is CC(C)(C)OC(=O)NCCOCCOCC=O.CC(C)(C)OC(=O)NCCOCCOCCO.[Y]. The van der Waals surface area contributed by atoms with E-state index in [0.717, 1.165) is 0 Å². The van der Waals surface area contributed by atoms with Gasteiger partial charge < -0.3 is 49.0 Å². The van der Waals surface area contributed by atoms with Gasteiger partial charge >= 0.3 is 12.2 Å². The average Bonchev–Trinajstić information content (AvgIpc) is 2.70. The second-order valence-corrected chi connectivity index (χ2v) is 8.66. The van der Waals surface area contributed by atoms with Gasteiger partial charge in [0, 0.05) is 45.8 Å². The van der Waals surface area contributed by atoms with E-state index in [9.17, 15) is 14.4 Å². The first-order valence-corrected chi connectivity index (χ1v) is 11.2. The molecule has 0 saturated heterocycles. The van der Waals surface area contributed by atoms with Crippen molar-refractivity contribution in [2.75, 3.05) is 72.6 Å². The fraction of sp³-hybridized carbons (Fsp3) is 0.864. The van der Waals surface area contributed by atoms with Crippen LogP contribution in [-0.2, 0) is 65.9 Å². The molecule has 13 heteroatoms. The van der Waals surface area contributed by atoms with E-state index in [2.05, 4.69) is 10.6 Å². The van der Waals surface area contributed by atoms with Crippen LogP contribution >= 0.6 is 0 Å². The van der Waals surface area contributed by atoms with Crippen LogP contribution in [0.5, 0.6) is 0 Å². The molecule has 0 aromatic heterocycles. The zero-order chi connectivity index (χ0) is 26.3. The van der Waals surface area contributed by atoms with Gasteiger partial charge in [-0.3, -0.25) is 0 Å². The summed E-state index contributed by atoms with van der Waals surface area (Å²) >= 11 is 0. The molecule has 12 nitrogen and oxygen atoms in total. The van der Waals surface area contributed by atoms with Crippen molar-refractivity contribution >= 4 is 18.5 Å². The van der Waals surface area contributed by atoms with Crippen molar-refractivity contribution in [1.82, 2.24) is 10.6 Å². The predicted octanol–water partition coefficient (Wildman–Crippen LogP) is 1.28. The Morgan fingerprint density at radius 3 is 1.40 bits per heavy atom. The first-order valence-electron chi connectivity index (χ1n) is 11.2. The molecule has 0 spiro atoms. The number of aldehydes is 1. The third-order valence-electron chi connectivity index (χ3n) is 2.99. The van der Waals surface area contributed by atoms with Crippen molar-refractivity contribution in [3.8, 4) is 0 Å². The van der Waals surface area contributed by atoms with Crippen LogP contribution in [0, 0.1) is 0 Å². The van der Waals surface area contributed by atoms with Crippen molar-refractivity contribution in [3.63, 3.8) is 0 Å². The van der Waals surface area contributed by atoms with Crippen LogP contribution in [0.4, 0.5) is 9.59 Å². The summed E-state index contributed by atoms with van der Waals surface area (Å²) in [6.07, 6.45) is -0.222. The Labute approximate surface area is 234 Å². The molecule has 35 heavy (non-hydrogen) atoms. The molecule has 2 amide bonds. The van der Waals surface area contributed by atoms with E-state index in [0.29, 0.717) is 65.6 Å². The molecule has 0 aliphatic rings. The van der Waals surface area contributed by atoms with E-state index in [-0.39, 0.29) is 45.9 Å². The molecule has 0 rings (SSSR count). The second-order valence-electron chi connectivity index (χ2n) is 8.66. The minimum Gasteiger partial charge on any atom is -0.444 e. The Morgan fingerprint density at radius 2 is 1.06 bits per heavy atom. The molecule has 205 valence electrons. The summed E-state index contributed by atoms with van der Waals surface area (Å²) in [6, 6.07) is 0. The number of alkyl carbamates (subject to hydrolysis) is 2. The minimum atomic E-state index is -0.492. The number of hydrogen-bond acceptors (Lipinski definition) is 10. The van der Waals surface area contributed by atoms with Gasteiger partial charge in [0.05, 0.1) is 52.9 Å². The van der Waals surface area contributed by atoms with Crippen molar-refractivity contribution in [3.05, 3.63) is 0 Å². The number of hydrogen-bond donors (Lipinski definition) is 3. The molecule has 0 fully saturated rings. The first-order chi connectivity index (χ1) is 15.9.